The van der Waals surface area contributed by atoms with Gasteiger partial charge < -0.3 is 5.32 Å². The highest BCUT2D eigenvalue weighted by molar-refractivity contribution is 9.11. The van der Waals surface area contributed by atoms with Crippen LogP contribution < -0.4 is 10.9 Å². The number of aliphatic imine (C=N–C) groups is 1. The molecule has 2 heterocycles. The highest BCUT2D eigenvalue weighted by atomic mass is 79.9. The lowest BCUT2D eigenvalue weighted by Gasteiger charge is -2.11. The summed E-state index contributed by atoms with van der Waals surface area (Å²) in [7, 11) is 0. The average molecular weight is 423 g/mol. The lowest BCUT2D eigenvalue weighted by molar-refractivity contribution is -0.121. The first-order valence-electron chi connectivity index (χ1n) is 7.67. The zero-order valence-corrected chi connectivity index (χ0v) is 16.6. The molecule has 25 heavy (non-hydrogen) atoms. The number of hydrogen-bond donors (Lipinski definition) is 1. The van der Waals surface area contributed by atoms with Crippen LogP contribution in [0.2, 0.25) is 0 Å². The highest BCUT2D eigenvalue weighted by Gasteiger charge is 2.17. The van der Waals surface area contributed by atoms with Crippen LogP contribution in [0.4, 0.5) is 0 Å². The molecular formula is C17H19BrN4O2S. The van der Waals surface area contributed by atoms with Gasteiger partial charge in [0.15, 0.2) is 0 Å². The first-order valence-corrected chi connectivity index (χ1v) is 9.28. The molecule has 0 bridgehead atoms. The predicted molar refractivity (Wildman–Crippen MR) is 106 cm³/mol. The van der Waals surface area contributed by atoms with Gasteiger partial charge >= 0.3 is 0 Å². The number of rotatable bonds is 6. The molecule has 0 atom stereocenters. The van der Waals surface area contributed by atoms with Crippen molar-refractivity contribution >= 4 is 49.5 Å². The molecule has 0 aliphatic carbocycles. The van der Waals surface area contributed by atoms with E-state index in [1.807, 2.05) is 32.9 Å². The number of carbonyl (C=O) groups excluding carboxylic acids is 1. The number of fused-ring (bicyclic) bond motifs is 1. The minimum absolute atomic E-state index is 0.124. The van der Waals surface area contributed by atoms with Crippen LogP contribution in [0.3, 0.4) is 0 Å². The van der Waals surface area contributed by atoms with E-state index < -0.39 is 5.91 Å². The molecule has 0 unspecified atom stereocenters. The molecule has 0 fully saturated rings. The van der Waals surface area contributed by atoms with Crippen molar-refractivity contribution in [3.05, 3.63) is 50.5 Å². The Kier molecular flexibility index (Phi) is 6.44. The molecule has 2 rings (SSSR count). The van der Waals surface area contributed by atoms with Crippen molar-refractivity contribution in [2.75, 3.05) is 0 Å². The van der Waals surface area contributed by atoms with Gasteiger partial charge in [-0.2, -0.15) is 5.10 Å². The molecule has 0 radical (unpaired) electrons. The number of amides is 1. The van der Waals surface area contributed by atoms with Crippen LogP contribution in [0.25, 0.3) is 10.1 Å². The van der Waals surface area contributed by atoms with Crippen molar-refractivity contribution in [1.29, 1.82) is 0 Å². The molecule has 2 aromatic heterocycles. The summed E-state index contributed by atoms with van der Waals surface area (Å²) in [6.45, 7) is 9.32. The van der Waals surface area contributed by atoms with Gasteiger partial charge in [0.25, 0.3) is 5.56 Å². The first-order chi connectivity index (χ1) is 11.8. The third-order valence-electron chi connectivity index (χ3n) is 3.27. The van der Waals surface area contributed by atoms with Gasteiger partial charge in [-0.15, -0.1) is 11.3 Å². The van der Waals surface area contributed by atoms with Gasteiger partial charge in [-0.05, 0) is 40.9 Å². The fraction of sp³-hybridized carbons (Fsp3) is 0.294. The number of nitrogens with one attached hydrogen (secondary N) is 1. The van der Waals surface area contributed by atoms with Crippen molar-refractivity contribution in [3.63, 3.8) is 0 Å². The standard InChI is InChI=1S/C17H19BrN4O2S/c1-5-6-7-19-11(4)20-14(23)9-22-17(24)16-12(8-13(18)25-16)15(21-22)10(2)3/h5-8,10H,4,9H2,1-3H3,(H,20,23)/b6-5-,19-7?. The Bertz CT molecular complexity index is 925. The van der Waals surface area contributed by atoms with Crippen LogP contribution in [0.1, 0.15) is 32.4 Å². The molecule has 0 spiro atoms. The molecular weight excluding hydrogens is 404 g/mol. The molecule has 132 valence electrons. The average Bonchev–Trinajstić information content (AvgIpc) is 2.92. The predicted octanol–water partition coefficient (Wildman–Crippen LogP) is 3.58. The number of carbonyl (C=O) groups is 1. The summed E-state index contributed by atoms with van der Waals surface area (Å²) in [6.07, 6.45) is 5.06. The monoisotopic (exact) mass is 422 g/mol. The topological polar surface area (TPSA) is 76.3 Å². The maximum Gasteiger partial charge on any atom is 0.285 e. The van der Waals surface area contributed by atoms with Gasteiger partial charge in [0, 0.05) is 11.6 Å². The van der Waals surface area contributed by atoms with E-state index in [2.05, 4.69) is 37.9 Å². The number of allylic oxidation sites excluding steroid dienone is 2. The summed E-state index contributed by atoms with van der Waals surface area (Å²) in [5.41, 5.74) is 0.502. The van der Waals surface area contributed by atoms with Gasteiger partial charge in [0.2, 0.25) is 5.91 Å². The minimum Gasteiger partial charge on any atom is -0.310 e. The van der Waals surface area contributed by atoms with Gasteiger partial charge in [0.1, 0.15) is 17.1 Å². The van der Waals surface area contributed by atoms with Crippen LogP contribution in [0.15, 0.2) is 44.2 Å². The van der Waals surface area contributed by atoms with Crippen LogP contribution in [-0.4, -0.2) is 21.9 Å². The van der Waals surface area contributed by atoms with Crippen molar-refractivity contribution in [2.45, 2.75) is 33.2 Å². The number of halogens is 1. The quantitative estimate of drug-likeness (QED) is 0.722. The van der Waals surface area contributed by atoms with Gasteiger partial charge in [-0.3, -0.25) is 9.59 Å². The van der Waals surface area contributed by atoms with Crippen LogP contribution in [0.5, 0.6) is 0 Å². The van der Waals surface area contributed by atoms with Crippen molar-refractivity contribution in [2.24, 2.45) is 4.99 Å². The molecule has 0 aliphatic heterocycles. The minimum atomic E-state index is -0.401. The SMILES string of the molecule is C=C(N=C/C=C\C)NC(=O)Cn1nc(C(C)C)c2cc(Br)sc2c1=O. The third kappa shape index (κ3) is 4.73. The molecule has 0 saturated heterocycles. The van der Waals surface area contributed by atoms with E-state index in [1.54, 1.807) is 6.08 Å². The zero-order valence-electron chi connectivity index (χ0n) is 14.2. The molecule has 1 amide bonds. The summed E-state index contributed by atoms with van der Waals surface area (Å²) in [4.78, 5) is 28.7. The Labute approximate surface area is 158 Å². The summed E-state index contributed by atoms with van der Waals surface area (Å²) < 4.78 is 2.64. The Morgan fingerprint density at radius 1 is 1.56 bits per heavy atom. The Morgan fingerprint density at radius 2 is 2.28 bits per heavy atom. The molecule has 0 aliphatic rings. The maximum absolute atomic E-state index is 12.6. The van der Waals surface area contributed by atoms with Crippen molar-refractivity contribution in [1.82, 2.24) is 15.1 Å². The third-order valence-corrected chi connectivity index (χ3v) is 4.89. The molecule has 6 nitrogen and oxygen atoms in total. The van der Waals surface area contributed by atoms with E-state index in [0.717, 1.165) is 14.9 Å². The number of aromatic nitrogens is 2. The molecule has 1 N–H and O–H groups in total. The highest BCUT2D eigenvalue weighted by Crippen LogP contribution is 2.31. The summed E-state index contributed by atoms with van der Waals surface area (Å²) in [6, 6.07) is 1.89. The second kappa shape index (κ2) is 8.35. The second-order valence-electron chi connectivity index (χ2n) is 5.59. The fourth-order valence-corrected chi connectivity index (χ4v) is 3.73. The van der Waals surface area contributed by atoms with E-state index in [1.165, 1.54) is 22.2 Å². The summed E-state index contributed by atoms with van der Waals surface area (Å²) in [5.74, 6) is -0.0682. The smallest absolute Gasteiger partial charge is 0.285 e. The maximum atomic E-state index is 12.6. The van der Waals surface area contributed by atoms with Crippen LogP contribution in [-0.2, 0) is 11.3 Å². The van der Waals surface area contributed by atoms with Gasteiger partial charge in [-0.25, -0.2) is 9.67 Å². The fourth-order valence-electron chi connectivity index (χ4n) is 2.18. The zero-order chi connectivity index (χ0) is 18.6. The molecule has 0 aromatic carbocycles. The Morgan fingerprint density at radius 3 is 2.92 bits per heavy atom. The normalized spacial score (nSPS) is 11.9. The van der Waals surface area contributed by atoms with Crippen molar-refractivity contribution in [3.8, 4) is 0 Å². The van der Waals surface area contributed by atoms with E-state index in [-0.39, 0.29) is 23.8 Å². The Hall–Kier alpha value is -2.06. The van der Waals surface area contributed by atoms with E-state index >= 15 is 0 Å². The van der Waals surface area contributed by atoms with Gasteiger partial charge in [-0.1, -0.05) is 26.5 Å². The molecule has 0 saturated carbocycles. The van der Waals surface area contributed by atoms with Gasteiger partial charge in [0.05, 0.1) is 9.48 Å². The number of nitrogens with zero attached hydrogens (tertiary/aromatic N) is 3. The molecule has 2 aromatic rings. The Balaban J connectivity index is 2.29. The largest absolute Gasteiger partial charge is 0.310 e. The summed E-state index contributed by atoms with van der Waals surface area (Å²) >= 11 is 4.75. The van der Waals surface area contributed by atoms with Crippen LogP contribution in [0, 0.1) is 0 Å². The van der Waals surface area contributed by atoms with E-state index in [4.69, 9.17) is 0 Å². The molecule has 8 heteroatoms. The lowest BCUT2D eigenvalue weighted by atomic mass is 10.1. The van der Waals surface area contributed by atoms with Crippen LogP contribution >= 0.6 is 27.3 Å². The van der Waals surface area contributed by atoms with Crippen molar-refractivity contribution < 1.29 is 4.79 Å². The second-order valence-corrected chi connectivity index (χ2v) is 8.03. The van der Waals surface area contributed by atoms with E-state index in [9.17, 15) is 9.59 Å². The van der Waals surface area contributed by atoms with E-state index in [0.29, 0.717) is 4.70 Å². The number of thiophene rings is 1. The number of hydrogen-bond acceptors (Lipinski definition) is 5. The lowest BCUT2D eigenvalue weighted by Crippen LogP contribution is -2.33. The first kappa shape index (κ1) is 19.3. The summed E-state index contributed by atoms with van der Waals surface area (Å²) in [5, 5.41) is 7.76.